The molecule has 0 bridgehead atoms. The van der Waals surface area contributed by atoms with Crippen LogP contribution in [0.15, 0.2) is 11.3 Å². The maximum Gasteiger partial charge on any atom is 0.340 e. The van der Waals surface area contributed by atoms with Crippen LogP contribution >= 0.6 is 0 Å². The first-order valence-corrected chi connectivity index (χ1v) is 7.77. The van der Waals surface area contributed by atoms with Crippen LogP contribution < -0.4 is 0 Å². The van der Waals surface area contributed by atoms with Crippen LogP contribution in [0.5, 0.6) is 0 Å². The predicted octanol–water partition coefficient (Wildman–Crippen LogP) is 5.16. The monoisotopic (exact) mass is 265 g/mol. The maximum absolute atomic E-state index is 5.51. The van der Waals surface area contributed by atoms with E-state index < -0.39 is 0 Å². The normalized spacial score (nSPS) is 32.1. The van der Waals surface area contributed by atoms with Gasteiger partial charge in [0.15, 0.2) is 0 Å². The summed E-state index contributed by atoms with van der Waals surface area (Å²) in [4.78, 5) is 0. The highest BCUT2D eigenvalue weighted by Gasteiger charge is 2.39. The first kappa shape index (κ1) is 15.8. The van der Waals surface area contributed by atoms with Gasteiger partial charge in [-0.15, -0.1) is 0 Å². The molecule has 0 aliphatic heterocycles. The Morgan fingerprint density at radius 2 is 1.61 bits per heavy atom. The number of rotatable bonds is 1. The molecule has 0 saturated heterocycles. The highest BCUT2D eigenvalue weighted by Crippen LogP contribution is 2.49. The molecule has 0 heterocycles. The van der Waals surface area contributed by atoms with Crippen LogP contribution in [0, 0.1) is 10.8 Å². The molecule has 0 N–H and O–H groups in total. The van der Waals surface area contributed by atoms with Crippen LogP contribution in [0.4, 0.5) is 0 Å². The summed E-state index contributed by atoms with van der Waals surface area (Å²) in [5.41, 5.74) is 1.94. The third kappa shape index (κ3) is 3.40. The Balaban J connectivity index is 3.13. The van der Waals surface area contributed by atoms with Gasteiger partial charge in [-0.05, 0) is 36.2 Å². The van der Waals surface area contributed by atoms with Crippen LogP contribution in [0.2, 0.25) is 0 Å². The molecule has 0 amide bonds. The van der Waals surface area contributed by atoms with E-state index in [1.807, 2.05) is 0 Å². The van der Waals surface area contributed by atoms with Crippen LogP contribution in [0.3, 0.4) is 0 Å². The van der Waals surface area contributed by atoms with Gasteiger partial charge in [-0.25, -0.2) is 0 Å². The van der Waals surface area contributed by atoms with Crippen LogP contribution in [0.1, 0.15) is 79.6 Å². The SMILES string of the molecule is C/C1=C(\O[Si])CCCCCCCC1(C)C(C)(C)C. The Labute approximate surface area is 117 Å². The van der Waals surface area contributed by atoms with Crippen molar-refractivity contribution in [2.75, 3.05) is 0 Å². The van der Waals surface area contributed by atoms with Gasteiger partial charge in [0.1, 0.15) is 0 Å². The summed E-state index contributed by atoms with van der Waals surface area (Å²) in [6.07, 6.45) is 9.00. The van der Waals surface area contributed by atoms with E-state index in [1.165, 1.54) is 44.1 Å². The largest absolute Gasteiger partial charge is 0.544 e. The molecule has 18 heavy (non-hydrogen) atoms. The fraction of sp³-hybridized carbons (Fsp3) is 0.875. The molecule has 2 heteroatoms. The fourth-order valence-electron chi connectivity index (χ4n) is 3.04. The quantitative estimate of drug-likeness (QED) is 0.595. The van der Waals surface area contributed by atoms with Crippen molar-refractivity contribution >= 4 is 10.5 Å². The zero-order chi connectivity index (χ0) is 13.8. The summed E-state index contributed by atoms with van der Waals surface area (Å²) in [7, 11) is 3.27. The van der Waals surface area contributed by atoms with Gasteiger partial charge in [-0.1, -0.05) is 53.4 Å². The second-order valence-electron chi connectivity index (χ2n) is 7.00. The fourth-order valence-corrected chi connectivity index (χ4v) is 3.30. The zero-order valence-electron chi connectivity index (χ0n) is 12.9. The molecule has 1 aliphatic carbocycles. The van der Waals surface area contributed by atoms with Crippen molar-refractivity contribution in [2.45, 2.75) is 79.6 Å². The first-order chi connectivity index (χ1) is 8.33. The molecule has 0 fully saturated rings. The van der Waals surface area contributed by atoms with Crippen molar-refractivity contribution in [3.8, 4) is 0 Å². The van der Waals surface area contributed by atoms with Crippen molar-refractivity contribution in [1.82, 2.24) is 0 Å². The molecule has 0 saturated carbocycles. The van der Waals surface area contributed by atoms with E-state index in [-0.39, 0.29) is 10.8 Å². The molecule has 103 valence electrons. The summed E-state index contributed by atoms with van der Waals surface area (Å²) < 4.78 is 5.51. The highest BCUT2D eigenvalue weighted by atomic mass is 28.2. The second kappa shape index (κ2) is 6.27. The molecule has 0 aromatic rings. The molecule has 0 spiro atoms. The number of allylic oxidation sites excluding steroid dienone is 2. The molecule has 1 unspecified atom stereocenters. The lowest BCUT2D eigenvalue weighted by Crippen LogP contribution is -2.35. The second-order valence-corrected chi connectivity index (χ2v) is 7.20. The number of hydrogen-bond acceptors (Lipinski definition) is 1. The Morgan fingerprint density at radius 1 is 1.06 bits per heavy atom. The summed E-state index contributed by atoms with van der Waals surface area (Å²) >= 11 is 0. The van der Waals surface area contributed by atoms with Crippen molar-refractivity contribution in [3.05, 3.63) is 11.3 Å². The minimum atomic E-state index is 0.228. The minimum absolute atomic E-state index is 0.228. The van der Waals surface area contributed by atoms with Gasteiger partial charge in [0, 0.05) is 6.42 Å². The van der Waals surface area contributed by atoms with E-state index >= 15 is 0 Å². The molecular weight excluding hydrogens is 236 g/mol. The lowest BCUT2D eigenvalue weighted by Gasteiger charge is -2.44. The van der Waals surface area contributed by atoms with E-state index in [2.05, 4.69) is 45.1 Å². The van der Waals surface area contributed by atoms with Crippen molar-refractivity contribution in [2.24, 2.45) is 10.8 Å². The highest BCUT2D eigenvalue weighted by molar-refractivity contribution is 5.98. The Kier molecular flexibility index (Phi) is 5.51. The average molecular weight is 265 g/mol. The van der Waals surface area contributed by atoms with E-state index in [1.54, 1.807) is 0 Å². The Morgan fingerprint density at radius 3 is 2.17 bits per heavy atom. The van der Waals surface area contributed by atoms with Gasteiger partial charge in [0.05, 0.1) is 5.76 Å². The van der Waals surface area contributed by atoms with Gasteiger partial charge >= 0.3 is 10.5 Å². The Bertz CT molecular complexity index is 301. The average Bonchev–Trinajstić information content (AvgIpc) is 2.29. The zero-order valence-corrected chi connectivity index (χ0v) is 13.9. The molecule has 3 radical (unpaired) electrons. The topological polar surface area (TPSA) is 9.23 Å². The third-order valence-electron chi connectivity index (χ3n) is 5.11. The van der Waals surface area contributed by atoms with E-state index in [9.17, 15) is 0 Å². The van der Waals surface area contributed by atoms with Crippen molar-refractivity contribution < 1.29 is 4.43 Å². The van der Waals surface area contributed by atoms with Crippen molar-refractivity contribution in [3.63, 3.8) is 0 Å². The molecule has 1 nitrogen and oxygen atoms in total. The van der Waals surface area contributed by atoms with Gasteiger partial charge < -0.3 is 4.43 Å². The molecule has 1 rings (SSSR count). The first-order valence-electron chi connectivity index (χ1n) is 7.37. The van der Waals surface area contributed by atoms with Crippen LogP contribution in [0.25, 0.3) is 0 Å². The standard InChI is InChI=1S/C16H29OSi/c1-13-14(17-18)11-9-7-6-8-10-12-16(13,5)15(2,3)4/h6-12H2,1-5H3/b14-13+. The van der Waals surface area contributed by atoms with Crippen LogP contribution in [-0.4, -0.2) is 10.5 Å². The summed E-state index contributed by atoms with van der Waals surface area (Å²) in [6.45, 7) is 11.7. The van der Waals surface area contributed by atoms with Gasteiger partial charge in [0.25, 0.3) is 0 Å². The Hall–Kier alpha value is -0.243. The minimum Gasteiger partial charge on any atom is -0.544 e. The molecule has 0 aromatic carbocycles. The van der Waals surface area contributed by atoms with Crippen LogP contribution in [-0.2, 0) is 4.43 Å². The number of hydrogen-bond donors (Lipinski definition) is 0. The van der Waals surface area contributed by atoms with E-state index in [0.717, 1.165) is 12.2 Å². The van der Waals surface area contributed by atoms with Crippen molar-refractivity contribution in [1.29, 1.82) is 0 Å². The van der Waals surface area contributed by atoms with Gasteiger partial charge in [0.2, 0.25) is 0 Å². The molecule has 1 aliphatic rings. The third-order valence-corrected chi connectivity index (χ3v) is 5.35. The molecular formula is C16H29OSi. The van der Waals surface area contributed by atoms with Gasteiger partial charge in [-0.2, -0.15) is 0 Å². The maximum atomic E-state index is 5.51. The van der Waals surface area contributed by atoms with Gasteiger partial charge in [-0.3, -0.25) is 0 Å². The molecule has 0 aromatic heterocycles. The lowest BCUT2D eigenvalue weighted by molar-refractivity contribution is 0.128. The summed E-state index contributed by atoms with van der Waals surface area (Å²) in [5, 5.41) is 0. The summed E-state index contributed by atoms with van der Waals surface area (Å²) in [6, 6.07) is 0. The predicted molar refractivity (Wildman–Crippen MR) is 79.4 cm³/mol. The van der Waals surface area contributed by atoms with E-state index in [4.69, 9.17) is 4.43 Å². The lowest BCUT2D eigenvalue weighted by atomic mass is 9.61. The van der Waals surface area contributed by atoms with E-state index in [0.29, 0.717) is 0 Å². The molecule has 1 atom stereocenters. The smallest absolute Gasteiger partial charge is 0.340 e. The summed E-state index contributed by atoms with van der Waals surface area (Å²) in [5.74, 6) is 1.16.